The summed E-state index contributed by atoms with van der Waals surface area (Å²) in [4.78, 5) is 106. The van der Waals surface area contributed by atoms with Crippen LogP contribution in [0.1, 0.15) is 217 Å². The molecular weight excluding hydrogens is 1940 g/mol. The van der Waals surface area contributed by atoms with E-state index in [2.05, 4.69) is 167 Å². The second-order valence-electron chi connectivity index (χ2n) is 43.1. The van der Waals surface area contributed by atoms with Gasteiger partial charge in [-0.25, -0.2) is 19.9 Å². The zero-order valence-corrected chi connectivity index (χ0v) is 90.9. The number of hydrogen-bond donors (Lipinski definition) is 5. The van der Waals surface area contributed by atoms with Crippen LogP contribution in [0.15, 0.2) is 203 Å². The molecule has 8 aromatic heterocycles. The number of Topliss-reactive ketones (excluding diaryl/α,β-unsaturated/α-hetero) is 3. The van der Waals surface area contributed by atoms with Crippen LogP contribution in [-0.4, -0.2) is 190 Å². The first-order chi connectivity index (χ1) is 70.8. The zero-order chi connectivity index (χ0) is 105. The zero-order valence-electron chi connectivity index (χ0n) is 87.6. The highest BCUT2D eigenvalue weighted by Gasteiger charge is 2.45. The lowest BCUT2D eigenvalue weighted by Gasteiger charge is -2.36. The number of fused-ring (bicyclic) bond motifs is 6. The van der Waals surface area contributed by atoms with E-state index in [0.717, 1.165) is 182 Å². The summed E-state index contributed by atoms with van der Waals surface area (Å²) < 4.78 is 47.0. The first-order valence-corrected chi connectivity index (χ1v) is 54.8. The molecule has 0 aliphatic carbocycles. The molecule has 784 valence electrons. The molecule has 3 amide bonds. The van der Waals surface area contributed by atoms with Gasteiger partial charge in [0, 0.05) is 155 Å². The summed E-state index contributed by atoms with van der Waals surface area (Å²) in [6, 6.07) is 47.0. The van der Waals surface area contributed by atoms with Gasteiger partial charge in [0.15, 0.2) is 15.7 Å². The van der Waals surface area contributed by atoms with Crippen molar-refractivity contribution in [2.75, 3.05) is 65.9 Å². The Morgan fingerprint density at radius 1 is 0.466 bits per heavy atom. The molecule has 32 heteroatoms. The van der Waals surface area contributed by atoms with Crippen molar-refractivity contribution in [2.45, 2.75) is 254 Å². The van der Waals surface area contributed by atoms with Gasteiger partial charge in [-0.3, -0.25) is 37.6 Å². The minimum Gasteiger partial charge on any atom is -0.494 e. The van der Waals surface area contributed by atoms with E-state index in [1.54, 1.807) is 55.1 Å². The number of nitrogens with zero attached hydrogens (tertiary/aromatic N) is 10. The number of nitrogens with one attached hydrogen (secondary N) is 3. The van der Waals surface area contributed by atoms with E-state index in [-0.39, 0.29) is 104 Å². The second-order valence-corrected chi connectivity index (χ2v) is 46.8. The SMILES string of the molecule is C=C(NCc1ccc(-c2scnc2C)cc1)[C@@H]1C[C@@H](O)CN1C(=O)[C@@H](CC(=O)COCCCCCOCCCCCOc1ccc2c(c1)sc1nc(-c3ccc(CC(=O)Cc4cc(C(C)(C)C)on4)cc3)cn12)C(C)(C)C.C=C(NCc1ccc(-c2scnc2C)cc1)[C@@H]1C[C@@H](O)CN1C(=O)[C@@H](NC(=O)CCOCCCCOc1ccc2c(c1)sc1nc(-c3ccc(CC(=O)Cc4cc(C(C)(C)C)on4)cc3)cn12)C(C)(C)C. The van der Waals surface area contributed by atoms with Crippen molar-refractivity contribution in [3.05, 3.63) is 250 Å². The van der Waals surface area contributed by atoms with Gasteiger partial charge in [-0.1, -0.05) is 226 Å². The number of β-amino-alcohol motifs (C(OH)–C–C–N with tert-alkyl or cyclic N) is 2. The Hall–Kier alpha value is -12.2. The standard InChI is InChI=1S/C61H76N6O8S2.C55H65N7O7S2/c1-40(62-35-43-17-21-45(22-18-43)57-41(2)63-39-76-57)54-33-48(69)36-66(54)58(71)51(60(3,4)5)32-49(70)38-73-27-13-9-11-25-72-26-12-10-14-28-74-50-23-24-53-55(34-50)77-59-64-52(37-67(53)59)44-19-15-42(16-20-44)29-47(68)30-46-31-56(75-65-46)61(6,7)8;1-34(56-30-37-13-17-39(18-14-37)50-35(2)57-33-70-50)46-28-42(64)31-61(46)52(66)51(55(6,7)8)59-49(65)21-24-67-22-9-10-23-68-43-19-20-45-47(29-43)71-53-58-44(32-62(45)53)38-15-11-36(12-16-38)25-41(63)26-40-27-48(69-60-40)54(3,4)5/h15-24,31,34,37,39,48,51,54,62,69H,1,9-14,25-30,32-33,35-36,38H2,2-8H3;11-20,27,29,32-33,42,46,51,56,64H,1,9-10,21-26,28,30-31H2,2-8H3,(H,59,65)/t48-,51-,54+;42-,46+,51-/m11/s1. The van der Waals surface area contributed by atoms with E-state index in [4.69, 9.17) is 42.7 Å². The van der Waals surface area contributed by atoms with Crippen molar-refractivity contribution < 1.29 is 71.7 Å². The molecule has 6 atom stereocenters. The molecule has 2 saturated heterocycles. The Morgan fingerprint density at radius 2 is 0.872 bits per heavy atom. The molecule has 2 aliphatic rings. The third-order valence-electron chi connectivity index (χ3n) is 26.8. The van der Waals surface area contributed by atoms with Crippen molar-refractivity contribution in [2.24, 2.45) is 16.7 Å². The molecular formula is C116H141N13O15S4. The number of unbranched alkanes of at least 4 members (excludes halogenated alkanes) is 5. The third-order valence-corrected chi connectivity index (χ3v) is 30.8. The summed E-state index contributed by atoms with van der Waals surface area (Å²) in [5, 5.41) is 39.4. The summed E-state index contributed by atoms with van der Waals surface area (Å²) in [7, 11) is 0. The van der Waals surface area contributed by atoms with Gasteiger partial charge >= 0.3 is 0 Å². The van der Waals surface area contributed by atoms with Gasteiger partial charge < -0.3 is 68.7 Å². The number of thiazole rings is 4. The van der Waals surface area contributed by atoms with Crippen LogP contribution in [0.5, 0.6) is 11.5 Å². The van der Waals surface area contributed by atoms with Gasteiger partial charge in [-0.05, 0) is 146 Å². The number of carbonyl (C=O) groups is 6. The number of imidazole rings is 2. The summed E-state index contributed by atoms with van der Waals surface area (Å²) in [6.07, 6.45) is 12.0. The van der Waals surface area contributed by atoms with Crippen molar-refractivity contribution in [1.29, 1.82) is 0 Å². The average Bonchev–Trinajstić information content (AvgIpc) is 1.61. The number of aliphatic hydroxyl groups is 2. The maximum absolute atomic E-state index is 14.2. The molecule has 0 radical (unpaired) electrons. The van der Waals surface area contributed by atoms with Gasteiger partial charge in [-0.15, -0.1) is 22.7 Å². The summed E-state index contributed by atoms with van der Waals surface area (Å²) in [5.41, 5.74) is 19.1. The smallest absolute Gasteiger partial charge is 0.246 e. The molecule has 16 rings (SSSR count). The Bertz CT molecular complexity index is 6880. The third kappa shape index (κ3) is 29.7. The molecule has 2 aliphatic heterocycles. The number of ether oxygens (including phenoxy) is 5. The predicted molar refractivity (Wildman–Crippen MR) is 585 cm³/mol. The van der Waals surface area contributed by atoms with Crippen LogP contribution in [0, 0.1) is 30.6 Å². The Labute approximate surface area is 882 Å². The van der Waals surface area contributed by atoms with Crippen LogP contribution in [0.3, 0.4) is 0 Å². The van der Waals surface area contributed by atoms with Crippen LogP contribution in [-0.2, 0) is 92.6 Å². The lowest BCUT2D eigenvalue weighted by molar-refractivity contribution is -0.143. The molecule has 28 nitrogen and oxygen atoms in total. The van der Waals surface area contributed by atoms with Gasteiger partial charge in [0.2, 0.25) is 17.7 Å². The number of ketones is 3. The number of aliphatic hydroxyl groups excluding tert-OH is 2. The Kier molecular flexibility index (Phi) is 37.1. The highest BCUT2D eigenvalue weighted by atomic mass is 32.1. The highest BCUT2D eigenvalue weighted by molar-refractivity contribution is 7.24. The van der Waals surface area contributed by atoms with Crippen molar-refractivity contribution >= 4 is 111 Å². The molecule has 10 heterocycles. The monoisotopic (exact) mass is 2080 g/mol. The van der Waals surface area contributed by atoms with Crippen LogP contribution >= 0.6 is 45.3 Å². The number of aryl methyl sites for hydroxylation is 2. The van der Waals surface area contributed by atoms with Crippen LogP contribution in [0.25, 0.3) is 73.8 Å². The Balaban J connectivity index is 0.000000222. The van der Waals surface area contributed by atoms with Crippen molar-refractivity contribution in [1.82, 2.24) is 64.8 Å². The van der Waals surface area contributed by atoms with E-state index in [1.165, 1.54) is 0 Å². The number of aromatic nitrogens is 8. The summed E-state index contributed by atoms with van der Waals surface area (Å²) >= 11 is 6.47. The fourth-order valence-electron chi connectivity index (χ4n) is 18.2. The van der Waals surface area contributed by atoms with E-state index < -0.39 is 41.0 Å². The largest absolute Gasteiger partial charge is 0.494 e. The van der Waals surface area contributed by atoms with Gasteiger partial charge in [-0.2, -0.15) is 0 Å². The minimum atomic E-state index is -0.805. The molecule has 0 spiro atoms. The van der Waals surface area contributed by atoms with E-state index in [1.807, 2.05) is 158 Å². The number of rotatable bonds is 49. The number of likely N-dealkylation sites (tertiary alicyclic amines) is 2. The minimum absolute atomic E-state index is 0.0313. The fraction of sp³-hybridized carbons (Fsp3) is 0.448. The molecule has 2 fully saturated rings. The van der Waals surface area contributed by atoms with Crippen molar-refractivity contribution in [3.8, 4) is 54.9 Å². The Morgan fingerprint density at radius 3 is 1.29 bits per heavy atom. The van der Waals surface area contributed by atoms with Crippen molar-refractivity contribution in [3.63, 3.8) is 0 Å². The van der Waals surface area contributed by atoms with E-state index in [9.17, 15) is 39.0 Å². The van der Waals surface area contributed by atoms with Gasteiger partial charge in [0.1, 0.15) is 47.2 Å². The maximum atomic E-state index is 14.2. The molecule has 0 bridgehead atoms. The molecule has 0 saturated carbocycles. The average molecular weight is 2090 g/mol. The quantitative estimate of drug-likeness (QED) is 0.0221. The first kappa shape index (κ1) is 110. The lowest BCUT2D eigenvalue weighted by Crippen LogP contribution is -2.56. The molecule has 0 unspecified atom stereocenters. The lowest BCUT2D eigenvalue weighted by atomic mass is 9.77. The van der Waals surface area contributed by atoms with E-state index >= 15 is 0 Å². The van der Waals surface area contributed by atoms with Crippen LogP contribution < -0.4 is 25.4 Å². The maximum Gasteiger partial charge on any atom is 0.246 e. The van der Waals surface area contributed by atoms with Gasteiger partial charge in [0.25, 0.3) is 0 Å². The first-order valence-electron chi connectivity index (χ1n) is 51.4. The molecule has 14 aromatic rings. The topological polar surface area (TPSA) is 344 Å². The second kappa shape index (κ2) is 49.9. The van der Waals surface area contributed by atoms with Crippen LogP contribution in [0.4, 0.5) is 0 Å². The number of benzene rings is 6. The number of amides is 3. The van der Waals surface area contributed by atoms with E-state index in [0.29, 0.717) is 101 Å². The fourth-order valence-corrected chi connectivity index (χ4v) is 21.9. The molecule has 5 N–H and O–H groups in total. The highest BCUT2D eigenvalue weighted by Crippen LogP contribution is 2.40. The predicted octanol–water partition coefficient (Wildman–Crippen LogP) is 21.6. The summed E-state index contributed by atoms with van der Waals surface area (Å²) in [5.74, 6) is 2.03. The number of hydrogen-bond acceptors (Lipinski definition) is 27. The molecule has 6 aromatic carbocycles. The molecule has 148 heavy (non-hydrogen) atoms. The van der Waals surface area contributed by atoms with Crippen LogP contribution in [0.2, 0.25) is 0 Å². The normalized spacial score (nSPS) is 15.5. The number of carbonyl (C=O) groups excluding carboxylic acids is 6. The summed E-state index contributed by atoms with van der Waals surface area (Å²) in [6.45, 7) is 41.7. The van der Waals surface area contributed by atoms with Gasteiger partial charge in [0.05, 0.1) is 132 Å².